The van der Waals surface area contributed by atoms with E-state index in [1.165, 1.54) is 0 Å². The van der Waals surface area contributed by atoms with Gasteiger partial charge in [-0.2, -0.15) is 9.78 Å². The van der Waals surface area contributed by atoms with Gasteiger partial charge in [0.25, 0.3) is 6.47 Å². The zero-order chi connectivity index (χ0) is 27.9. The minimum Gasteiger partial charge on any atom is -0.461 e. The molecule has 0 unspecified atom stereocenters. The Bertz CT molecular complexity index is 1540. The lowest BCUT2D eigenvalue weighted by Gasteiger charge is -2.24. The summed E-state index contributed by atoms with van der Waals surface area (Å²) in [5.41, 5.74) is 5.05. The predicted molar refractivity (Wildman–Crippen MR) is 153 cm³/mol. The number of aliphatic imine (C=N–C) groups is 1. The van der Waals surface area contributed by atoms with E-state index in [0.29, 0.717) is 52.2 Å². The molecule has 0 amide bonds. The van der Waals surface area contributed by atoms with Crippen LogP contribution in [0.5, 0.6) is 0 Å². The molecule has 0 saturated carbocycles. The summed E-state index contributed by atoms with van der Waals surface area (Å²) in [5, 5.41) is 23.5. The second kappa shape index (κ2) is 12.4. The topological polar surface area (TPSA) is 131 Å². The molecule has 5 rings (SSSR count). The summed E-state index contributed by atoms with van der Waals surface area (Å²) < 4.78 is 6.58. The highest BCUT2D eigenvalue weighted by atomic mass is 16.5. The summed E-state index contributed by atoms with van der Waals surface area (Å²) in [6.07, 6.45) is 3.75. The van der Waals surface area contributed by atoms with E-state index >= 15 is 0 Å². The van der Waals surface area contributed by atoms with Crippen LogP contribution in [-0.4, -0.2) is 67.5 Å². The molecule has 0 spiro atoms. The number of fused-ring (bicyclic) bond motifs is 1. The third kappa shape index (κ3) is 5.50. The normalized spacial score (nSPS) is 13.3. The number of rotatable bonds is 12. The van der Waals surface area contributed by atoms with Gasteiger partial charge >= 0.3 is 0 Å². The average Bonchev–Trinajstić information content (AvgIpc) is 3.56. The van der Waals surface area contributed by atoms with E-state index in [-0.39, 0.29) is 13.2 Å². The summed E-state index contributed by atoms with van der Waals surface area (Å²) >= 11 is 0. The molecule has 3 aromatic heterocycles. The van der Waals surface area contributed by atoms with Crippen LogP contribution in [0, 0.1) is 0 Å². The maximum Gasteiger partial charge on any atom is 0.293 e. The summed E-state index contributed by atoms with van der Waals surface area (Å²) in [7, 11) is 0. The number of aromatic nitrogens is 5. The number of ether oxygens (including phenoxy) is 1. The van der Waals surface area contributed by atoms with Crippen LogP contribution >= 0.6 is 0 Å². The van der Waals surface area contributed by atoms with Crippen molar-refractivity contribution in [2.24, 2.45) is 10.1 Å². The Hall–Kier alpha value is -4.77. The summed E-state index contributed by atoms with van der Waals surface area (Å²) in [5.74, 6) is 0.796. The van der Waals surface area contributed by atoms with Crippen molar-refractivity contribution in [2.75, 3.05) is 24.6 Å². The molecule has 0 fully saturated rings. The van der Waals surface area contributed by atoms with Crippen LogP contribution in [0.2, 0.25) is 0 Å². The number of pyridine rings is 2. The Balaban J connectivity index is 1.54. The van der Waals surface area contributed by atoms with Crippen molar-refractivity contribution in [1.29, 1.82) is 0 Å². The number of hydrogen-bond donors (Lipinski definition) is 1. The van der Waals surface area contributed by atoms with Crippen LogP contribution in [0.1, 0.15) is 38.1 Å². The minimum absolute atomic E-state index is 0.0974. The van der Waals surface area contributed by atoms with Gasteiger partial charge in [-0.05, 0) is 55.3 Å². The lowest BCUT2D eigenvalue weighted by molar-refractivity contribution is -0.127. The molecule has 0 radical (unpaired) electrons. The van der Waals surface area contributed by atoms with E-state index in [2.05, 4.69) is 39.0 Å². The van der Waals surface area contributed by atoms with Crippen LogP contribution < -0.4 is 4.90 Å². The van der Waals surface area contributed by atoms with E-state index in [4.69, 9.17) is 14.7 Å². The molecule has 0 saturated heterocycles. The number of aliphatic hydroxyl groups is 1. The molecule has 11 heteroatoms. The Labute approximate surface area is 231 Å². The molecule has 11 nitrogen and oxygen atoms in total. The van der Waals surface area contributed by atoms with Crippen LogP contribution in [0.15, 0.2) is 70.9 Å². The number of carbonyl (C=O) groups excluding carboxylic acids is 1. The maximum atomic E-state index is 11.0. The van der Waals surface area contributed by atoms with E-state index in [1.54, 1.807) is 10.9 Å². The first-order chi connectivity index (χ1) is 19.7. The van der Waals surface area contributed by atoms with Gasteiger partial charge in [0.15, 0.2) is 0 Å². The zero-order valence-corrected chi connectivity index (χ0v) is 22.4. The molecule has 1 aliphatic heterocycles. The third-order valence-corrected chi connectivity index (χ3v) is 6.36. The lowest BCUT2D eigenvalue weighted by atomic mass is 10.1. The Morgan fingerprint density at radius 1 is 0.975 bits per heavy atom. The van der Waals surface area contributed by atoms with Gasteiger partial charge in [0.05, 0.1) is 23.7 Å². The fourth-order valence-corrected chi connectivity index (χ4v) is 4.55. The van der Waals surface area contributed by atoms with E-state index < -0.39 is 0 Å². The van der Waals surface area contributed by atoms with Crippen molar-refractivity contribution in [3.8, 4) is 22.9 Å². The molecule has 1 N–H and O–H groups in total. The Morgan fingerprint density at radius 2 is 1.75 bits per heavy atom. The summed E-state index contributed by atoms with van der Waals surface area (Å²) in [4.78, 5) is 27.2. The number of nitrogens with zero attached hydrogens (tertiary/aromatic N) is 8. The van der Waals surface area contributed by atoms with Crippen molar-refractivity contribution >= 4 is 29.3 Å². The van der Waals surface area contributed by atoms with Crippen molar-refractivity contribution in [2.45, 2.75) is 33.3 Å². The van der Waals surface area contributed by atoms with Gasteiger partial charge in [0, 0.05) is 30.5 Å². The first kappa shape index (κ1) is 26.8. The van der Waals surface area contributed by atoms with Crippen LogP contribution in [0.4, 0.5) is 11.4 Å². The molecule has 1 aromatic carbocycles. The van der Waals surface area contributed by atoms with Crippen molar-refractivity contribution in [3.05, 3.63) is 72.2 Å². The SMILES string of the molecule is CCCN(CCC)c1ccc(N=C2C(COC=O)=Nn3c2nnc3-c2cccc(-c3ccccn3)n2)c(CO)c1. The monoisotopic (exact) mass is 538 g/mol. The van der Waals surface area contributed by atoms with Gasteiger partial charge < -0.3 is 14.7 Å². The van der Waals surface area contributed by atoms with Crippen LogP contribution in [0.3, 0.4) is 0 Å². The molecule has 0 bridgehead atoms. The van der Waals surface area contributed by atoms with Crippen molar-refractivity contribution in [3.63, 3.8) is 0 Å². The molecule has 204 valence electrons. The molecule has 0 atom stereocenters. The molecule has 1 aliphatic rings. The van der Waals surface area contributed by atoms with E-state index in [9.17, 15) is 9.90 Å². The van der Waals surface area contributed by atoms with Crippen LogP contribution in [-0.2, 0) is 16.1 Å². The first-order valence-electron chi connectivity index (χ1n) is 13.2. The summed E-state index contributed by atoms with van der Waals surface area (Å²) in [6.45, 7) is 6.22. The number of aliphatic hydroxyl groups excluding tert-OH is 1. The smallest absolute Gasteiger partial charge is 0.293 e. The second-order valence-corrected chi connectivity index (χ2v) is 9.15. The van der Waals surface area contributed by atoms with Gasteiger partial charge in [0.2, 0.25) is 11.6 Å². The van der Waals surface area contributed by atoms with E-state index in [1.807, 2.05) is 54.6 Å². The number of benzene rings is 1. The van der Waals surface area contributed by atoms with Crippen molar-refractivity contribution in [1.82, 2.24) is 24.8 Å². The van der Waals surface area contributed by atoms with Gasteiger partial charge in [-0.15, -0.1) is 10.2 Å². The highest BCUT2D eigenvalue weighted by Gasteiger charge is 2.30. The van der Waals surface area contributed by atoms with Gasteiger partial charge in [-0.25, -0.2) is 9.98 Å². The molecule has 4 aromatic rings. The number of carbonyl (C=O) groups is 1. The maximum absolute atomic E-state index is 11.0. The van der Waals surface area contributed by atoms with Gasteiger partial charge in [0.1, 0.15) is 23.7 Å². The second-order valence-electron chi connectivity index (χ2n) is 9.15. The number of anilines is 1. The van der Waals surface area contributed by atoms with Crippen molar-refractivity contribution < 1.29 is 14.6 Å². The lowest BCUT2D eigenvalue weighted by Crippen LogP contribution is -2.24. The van der Waals surface area contributed by atoms with E-state index in [0.717, 1.165) is 37.3 Å². The average molecular weight is 539 g/mol. The highest BCUT2D eigenvalue weighted by molar-refractivity contribution is 6.49. The van der Waals surface area contributed by atoms with Gasteiger partial charge in [-0.3, -0.25) is 9.78 Å². The quantitative estimate of drug-likeness (QED) is 0.268. The minimum atomic E-state index is -0.189. The molecular weight excluding hydrogens is 508 g/mol. The molecule has 0 aliphatic carbocycles. The first-order valence-corrected chi connectivity index (χ1v) is 13.2. The third-order valence-electron chi connectivity index (χ3n) is 6.36. The summed E-state index contributed by atoms with van der Waals surface area (Å²) in [6, 6.07) is 17.0. The molecular formula is C29H30N8O3. The zero-order valence-electron chi connectivity index (χ0n) is 22.4. The fourth-order valence-electron chi connectivity index (χ4n) is 4.55. The Morgan fingerprint density at radius 3 is 2.48 bits per heavy atom. The standard InChI is InChI=1S/C29H30N8O3/c1-3-14-36(15-4-2)21-11-12-22(20(16-21)17-38)32-27-26(18-40-19-39)35-37-28(33-34-29(27)37)25-10-7-9-24(31-25)23-8-5-6-13-30-23/h5-13,16,19,38H,3-4,14-15,17-18H2,1-2H3. The predicted octanol–water partition coefficient (Wildman–Crippen LogP) is 4.03. The molecule has 4 heterocycles. The van der Waals surface area contributed by atoms with Gasteiger partial charge in [-0.1, -0.05) is 26.0 Å². The number of hydrogen-bond acceptors (Lipinski definition) is 10. The molecule has 40 heavy (non-hydrogen) atoms. The highest BCUT2D eigenvalue weighted by Crippen LogP contribution is 2.29. The Kier molecular flexibility index (Phi) is 8.31. The largest absolute Gasteiger partial charge is 0.461 e. The van der Waals surface area contributed by atoms with Crippen LogP contribution in [0.25, 0.3) is 22.9 Å². The fraction of sp³-hybridized carbons (Fsp3) is 0.276.